The highest BCUT2D eigenvalue weighted by atomic mass is 35.5. The quantitative estimate of drug-likeness (QED) is 0.779. The van der Waals surface area contributed by atoms with Crippen LogP contribution in [0.15, 0.2) is 60.8 Å². The van der Waals surface area contributed by atoms with Crippen molar-refractivity contribution in [2.45, 2.75) is 6.54 Å². The molecule has 3 aromatic rings. The molecule has 0 bridgehead atoms. The second-order valence-electron chi connectivity index (χ2n) is 5.02. The SMILES string of the molecule is O=C(COc1cccc2cccnc12)NCc1ccc(Cl)cc1. The van der Waals surface area contributed by atoms with E-state index in [2.05, 4.69) is 10.3 Å². The van der Waals surface area contributed by atoms with Crippen LogP contribution in [0.3, 0.4) is 0 Å². The number of halogens is 1. The summed E-state index contributed by atoms with van der Waals surface area (Å²) in [5.41, 5.74) is 1.73. The number of fused-ring (bicyclic) bond motifs is 1. The molecule has 5 heteroatoms. The van der Waals surface area contributed by atoms with Gasteiger partial charge in [0.1, 0.15) is 11.3 Å². The molecular formula is C18H15ClN2O2. The highest BCUT2D eigenvalue weighted by Crippen LogP contribution is 2.22. The maximum Gasteiger partial charge on any atom is 0.258 e. The Balaban J connectivity index is 1.57. The van der Waals surface area contributed by atoms with Gasteiger partial charge in [0.05, 0.1) is 0 Å². The van der Waals surface area contributed by atoms with Crippen molar-refractivity contribution >= 4 is 28.4 Å². The minimum Gasteiger partial charge on any atom is -0.481 e. The standard InChI is InChI=1S/C18H15ClN2O2/c19-15-8-6-13(7-9-15)11-21-17(22)12-23-16-5-1-3-14-4-2-10-20-18(14)16/h1-10H,11-12H2,(H,21,22). The van der Waals surface area contributed by atoms with Crippen molar-refractivity contribution in [1.82, 2.24) is 10.3 Å². The number of benzene rings is 2. The Morgan fingerprint density at radius 3 is 2.70 bits per heavy atom. The Hall–Kier alpha value is -2.59. The van der Waals surface area contributed by atoms with Gasteiger partial charge in [-0.25, -0.2) is 0 Å². The smallest absolute Gasteiger partial charge is 0.258 e. The number of nitrogens with zero attached hydrogens (tertiary/aromatic N) is 1. The van der Waals surface area contributed by atoms with E-state index in [0.29, 0.717) is 17.3 Å². The number of amides is 1. The average Bonchev–Trinajstić information content (AvgIpc) is 2.59. The van der Waals surface area contributed by atoms with Gasteiger partial charge in [-0.3, -0.25) is 9.78 Å². The first-order valence-corrected chi connectivity index (χ1v) is 7.58. The third-order valence-electron chi connectivity index (χ3n) is 3.36. The van der Waals surface area contributed by atoms with E-state index in [1.807, 2.05) is 42.5 Å². The summed E-state index contributed by atoms with van der Waals surface area (Å²) in [6.45, 7) is 0.385. The molecule has 0 fully saturated rings. The molecule has 116 valence electrons. The topological polar surface area (TPSA) is 51.2 Å². The van der Waals surface area contributed by atoms with Crippen LogP contribution in [0.4, 0.5) is 0 Å². The Kier molecular flexibility index (Phi) is 4.74. The van der Waals surface area contributed by atoms with Crippen molar-refractivity contribution in [3.8, 4) is 5.75 Å². The number of aromatic nitrogens is 1. The number of hydrogen-bond donors (Lipinski definition) is 1. The zero-order valence-electron chi connectivity index (χ0n) is 12.3. The summed E-state index contributed by atoms with van der Waals surface area (Å²) in [6, 6.07) is 16.8. The van der Waals surface area contributed by atoms with Crippen LogP contribution in [0.5, 0.6) is 5.75 Å². The van der Waals surface area contributed by atoms with Crippen LogP contribution in [-0.4, -0.2) is 17.5 Å². The van der Waals surface area contributed by atoms with Crippen LogP contribution in [-0.2, 0) is 11.3 Å². The van der Waals surface area contributed by atoms with E-state index in [-0.39, 0.29) is 12.5 Å². The van der Waals surface area contributed by atoms with E-state index < -0.39 is 0 Å². The molecule has 2 aromatic carbocycles. The first-order valence-electron chi connectivity index (χ1n) is 7.20. The molecule has 1 amide bonds. The van der Waals surface area contributed by atoms with E-state index in [4.69, 9.17) is 16.3 Å². The predicted octanol–water partition coefficient (Wildman–Crippen LogP) is 3.58. The van der Waals surface area contributed by atoms with Gasteiger partial charge in [0.25, 0.3) is 5.91 Å². The van der Waals surface area contributed by atoms with Crippen LogP contribution >= 0.6 is 11.6 Å². The Morgan fingerprint density at radius 1 is 1.09 bits per heavy atom. The lowest BCUT2D eigenvalue weighted by atomic mass is 10.2. The van der Waals surface area contributed by atoms with E-state index >= 15 is 0 Å². The van der Waals surface area contributed by atoms with Crippen molar-refractivity contribution in [2.75, 3.05) is 6.61 Å². The molecule has 0 aliphatic carbocycles. The molecule has 0 saturated heterocycles. The van der Waals surface area contributed by atoms with E-state index in [9.17, 15) is 4.79 Å². The van der Waals surface area contributed by atoms with Gasteiger partial charge in [0.2, 0.25) is 0 Å². The third kappa shape index (κ3) is 3.99. The summed E-state index contributed by atoms with van der Waals surface area (Å²) >= 11 is 5.83. The van der Waals surface area contributed by atoms with Crippen molar-refractivity contribution in [1.29, 1.82) is 0 Å². The van der Waals surface area contributed by atoms with Crippen LogP contribution in [0.25, 0.3) is 10.9 Å². The van der Waals surface area contributed by atoms with E-state index in [0.717, 1.165) is 16.5 Å². The molecule has 0 aliphatic rings. The minimum atomic E-state index is -0.187. The Labute approximate surface area is 139 Å². The fourth-order valence-corrected chi connectivity index (χ4v) is 2.32. The maximum atomic E-state index is 11.9. The summed E-state index contributed by atoms with van der Waals surface area (Å²) in [5.74, 6) is 0.414. The summed E-state index contributed by atoms with van der Waals surface area (Å²) < 4.78 is 5.59. The van der Waals surface area contributed by atoms with Gasteiger partial charge in [0, 0.05) is 23.2 Å². The van der Waals surface area contributed by atoms with Gasteiger partial charge in [0.15, 0.2) is 6.61 Å². The molecule has 1 heterocycles. The van der Waals surface area contributed by atoms with Crippen molar-refractivity contribution < 1.29 is 9.53 Å². The van der Waals surface area contributed by atoms with E-state index in [1.54, 1.807) is 18.3 Å². The van der Waals surface area contributed by atoms with E-state index in [1.165, 1.54) is 0 Å². The first-order chi connectivity index (χ1) is 11.2. The monoisotopic (exact) mass is 326 g/mol. The zero-order valence-corrected chi connectivity index (χ0v) is 13.1. The molecule has 1 N–H and O–H groups in total. The fourth-order valence-electron chi connectivity index (χ4n) is 2.19. The highest BCUT2D eigenvalue weighted by molar-refractivity contribution is 6.30. The minimum absolute atomic E-state index is 0.0523. The summed E-state index contributed by atoms with van der Waals surface area (Å²) in [6.07, 6.45) is 1.70. The summed E-state index contributed by atoms with van der Waals surface area (Å²) in [7, 11) is 0. The second kappa shape index (κ2) is 7.11. The van der Waals surface area contributed by atoms with Crippen molar-refractivity contribution in [3.63, 3.8) is 0 Å². The molecule has 4 nitrogen and oxygen atoms in total. The molecule has 1 aromatic heterocycles. The van der Waals surface area contributed by atoms with Gasteiger partial charge >= 0.3 is 0 Å². The molecule has 0 atom stereocenters. The Morgan fingerprint density at radius 2 is 1.87 bits per heavy atom. The molecule has 3 rings (SSSR count). The number of rotatable bonds is 5. The highest BCUT2D eigenvalue weighted by Gasteiger charge is 2.06. The van der Waals surface area contributed by atoms with Gasteiger partial charge in [-0.1, -0.05) is 41.9 Å². The average molecular weight is 327 g/mol. The molecule has 23 heavy (non-hydrogen) atoms. The number of carbonyl (C=O) groups excluding carboxylic acids is 1. The number of para-hydroxylation sites is 1. The third-order valence-corrected chi connectivity index (χ3v) is 3.61. The molecule has 0 aliphatic heterocycles. The largest absolute Gasteiger partial charge is 0.481 e. The lowest BCUT2D eigenvalue weighted by Crippen LogP contribution is -2.28. The van der Waals surface area contributed by atoms with Gasteiger partial charge < -0.3 is 10.1 Å². The van der Waals surface area contributed by atoms with Gasteiger partial charge in [-0.05, 0) is 29.8 Å². The maximum absolute atomic E-state index is 11.9. The lowest BCUT2D eigenvalue weighted by Gasteiger charge is -2.09. The van der Waals surface area contributed by atoms with Crippen LogP contribution in [0.2, 0.25) is 5.02 Å². The molecular weight excluding hydrogens is 312 g/mol. The van der Waals surface area contributed by atoms with Gasteiger partial charge in [-0.15, -0.1) is 0 Å². The lowest BCUT2D eigenvalue weighted by molar-refractivity contribution is -0.123. The predicted molar refractivity (Wildman–Crippen MR) is 90.5 cm³/mol. The summed E-state index contributed by atoms with van der Waals surface area (Å²) in [5, 5.41) is 4.46. The fraction of sp³-hybridized carbons (Fsp3) is 0.111. The molecule has 0 radical (unpaired) electrons. The second-order valence-corrected chi connectivity index (χ2v) is 5.46. The van der Waals surface area contributed by atoms with Gasteiger partial charge in [-0.2, -0.15) is 0 Å². The number of carbonyl (C=O) groups is 1. The van der Waals surface area contributed by atoms with Crippen molar-refractivity contribution in [2.24, 2.45) is 0 Å². The Bertz CT molecular complexity index is 813. The van der Waals surface area contributed by atoms with Crippen LogP contribution in [0, 0.1) is 0 Å². The number of nitrogens with one attached hydrogen (secondary N) is 1. The number of ether oxygens (including phenoxy) is 1. The normalized spacial score (nSPS) is 10.5. The zero-order chi connectivity index (χ0) is 16.1. The summed E-state index contributed by atoms with van der Waals surface area (Å²) in [4.78, 5) is 16.2. The van der Waals surface area contributed by atoms with Crippen LogP contribution < -0.4 is 10.1 Å². The molecule has 0 spiro atoms. The van der Waals surface area contributed by atoms with Crippen LogP contribution in [0.1, 0.15) is 5.56 Å². The molecule has 0 saturated carbocycles. The first kappa shape index (κ1) is 15.3. The molecule has 0 unspecified atom stereocenters. The number of pyridine rings is 1. The van der Waals surface area contributed by atoms with Crippen molar-refractivity contribution in [3.05, 3.63) is 71.4 Å². The number of hydrogen-bond acceptors (Lipinski definition) is 3.